The molecule has 1 aromatic rings. The third-order valence-electron chi connectivity index (χ3n) is 5.12. The minimum atomic E-state index is -0.0234. The van der Waals surface area contributed by atoms with Crippen molar-refractivity contribution < 1.29 is 9.59 Å². The van der Waals surface area contributed by atoms with Crippen molar-refractivity contribution >= 4 is 23.3 Å². The molecular weight excluding hydrogens is 322 g/mol. The Kier molecular flexibility index (Phi) is 5.76. The summed E-state index contributed by atoms with van der Waals surface area (Å²) in [6.45, 7) is 2.91. The van der Waals surface area contributed by atoms with Crippen LogP contribution >= 0.6 is 11.3 Å². The van der Waals surface area contributed by atoms with E-state index in [1.807, 2.05) is 4.90 Å². The highest BCUT2D eigenvalue weighted by atomic mass is 32.1. The van der Waals surface area contributed by atoms with Crippen LogP contribution in [0.5, 0.6) is 0 Å². The highest BCUT2D eigenvalue weighted by molar-refractivity contribution is 7.10. The summed E-state index contributed by atoms with van der Waals surface area (Å²) in [5.74, 6) is 0.521. The van der Waals surface area contributed by atoms with Crippen molar-refractivity contribution in [1.82, 2.24) is 15.5 Å². The van der Waals surface area contributed by atoms with Crippen molar-refractivity contribution in [1.29, 1.82) is 0 Å². The first kappa shape index (κ1) is 17.3. The Morgan fingerprint density at radius 2 is 2.04 bits per heavy atom. The third kappa shape index (κ3) is 4.29. The minimum Gasteiger partial charge on any atom is -0.352 e. The molecular formula is C18H27N3O2S. The molecule has 2 heterocycles. The minimum absolute atomic E-state index is 0.00959. The van der Waals surface area contributed by atoms with Gasteiger partial charge in [-0.2, -0.15) is 0 Å². The predicted molar refractivity (Wildman–Crippen MR) is 96.0 cm³/mol. The van der Waals surface area contributed by atoms with E-state index in [1.54, 1.807) is 11.3 Å². The standard InChI is InChI=1S/C18H27N3O2S/c1-13(22)19-15-8-4-10-21(12-15)18(23)20-17(14-6-2-3-7-14)16-9-5-11-24-16/h5,9,11,14-15,17H,2-4,6-8,10,12H2,1H3,(H,19,22)(H,20,23)/t15-,17+/m1/s1. The van der Waals surface area contributed by atoms with Crippen LogP contribution in [0.1, 0.15) is 56.4 Å². The van der Waals surface area contributed by atoms with Gasteiger partial charge >= 0.3 is 6.03 Å². The summed E-state index contributed by atoms with van der Waals surface area (Å²) in [6.07, 6.45) is 6.79. The molecule has 1 saturated carbocycles. The quantitative estimate of drug-likeness (QED) is 0.876. The first-order valence-electron chi connectivity index (χ1n) is 8.99. The van der Waals surface area contributed by atoms with E-state index in [9.17, 15) is 9.59 Å². The van der Waals surface area contributed by atoms with Crippen molar-refractivity contribution in [3.05, 3.63) is 22.4 Å². The summed E-state index contributed by atoms with van der Waals surface area (Å²) >= 11 is 1.73. The van der Waals surface area contributed by atoms with Gasteiger partial charge in [-0.25, -0.2) is 4.79 Å². The van der Waals surface area contributed by atoms with Gasteiger partial charge in [0.15, 0.2) is 0 Å². The molecule has 2 fully saturated rings. The van der Waals surface area contributed by atoms with E-state index in [0.29, 0.717) is 12.5 Å². The molecule has 0 bridgehead atoms. The first-order chi connectivity index (χ1) is 11.6. The molecule has 24 heavy (non-hydrogen) atoms. The lowest BCUT2D eigenvalue weighted by Gasteiger charge is -2.35. The van der Waals surface area contributed by atoms with Gasteiger partial charge in [-0.05, 0) is 43.0 Å². The fourth-order valence-corrected chi connectivity index (χ4v) is 4.84. The maximum atomic E-state index is 12.8. The number of thiophene rings is 1. The molecule has 2 N–H and O–H groups in total. The van der Waals surface area contributed by atoms with Gasteiger partial charge in [0.25, 0.3) is 0 Å². The van der Waals surface area contributed by atoms with Crippen molar-refractivity contribution in [3.8, 4) is 0 Å². The van der Waals surface area contributed by atoms with E-state index in [0.717, 1.165) is 19.4 Å². The van der Waals surface area contributed by atoms with E-state index in [2.05, 4.69) is 28.1 Å². The summed E-state index contributed by atoms with van der Waals surface area (Å²) in [5, 5.41) is 8.31. The highest BCUT2D eigenvalue weighted by Crippen LogP contribution is 2.37. The summed E-state index contributed by atoms with van der Waals surface area (Å²) < 4.78 is 0. The van der Waals surface area contributed by atoms with Gasteiger partial charge in [-0.3, -0.25) is 4.79 Å². The second-order valence-electron chi connectivity index (χ2n) is 6.97. The summed E-state index contributed by atoms with van der Waals surface area (Å²) in [7, 11) is 0. The number of rotatable bonds is 4. The zero-order chi connectivity index (χ0) is 16.9. The predicted octanol–water partition coefficient (Wildman–Crippen LogP) is 3.29. The van der Waals surface area contributed by atoms with Gasteiger partial charge in [-0.15, -0.1) is 11.3 Å². The monoisotopic (exact) mass is 349 g/mol. The van der Waals surface area contributed by atoms with Crippen LogP contribution in [0.25, 0.3) is 0 Å². The lowest BCUT2D eigenvalue weighted by Crippen LogP contribution is -2.52. The number of hydrogen-bond acceptors (Lipinski definition) is 3. The van der Waals surface area contributed by atoms with E-state index in [-0.39, 0.29) is 24.0 Å². The maximum Gasteiger partial charge on any atom is 0.317 e. The van der Waals surface area contributed by atoms with E-state index >= 15 is 0 Å². The second kappa shape index (κ2) is 8.01. The van der Waals surface area contributed by atoms with Crippen molar-refractivity contribution in [2.45, 2.75) is 57.5 Å². The summed E-state index contributed by atoms with van der Waals surface area (Å²) in [6, 6.07) is 4.40. The third-order valence-corrected chi connectivity index (χ3v) is 6.07. The zero-order valence-corrected chi connectivity index (χ0v) is 15.1. The Morgan fingerprint density at radius 3 is 2.71 bits per heavy atom. The molecule has 0 unspecified atom stereocenters. The van der Waals surface area contributed by atoms with Gasteiger partial charge in [0.2, 0.25) is 5.91 Å². The van der Waals surface area contributed by atoms with E-state index in [4.69, 9.17) is 0 Å². The average Bonchev–Trinajstić information content (AvgIpc) is 3.25. The number of hydrogen-bond donors (Lipinski definition) is 2. The Bertz CT molecular complexity index is 555. The molecule has 3 rings (SSSR count). The number of urea groups is 1. The van der Waals surface area contributed by atoms with Gasteiger partial charge in [-0.1, -0.05) is 18.9 Å². The largest absolute Gasteiger partial charge is 0.352 e. The first-order valence-corrected chi connectivity index (χ1v) is 9.87. The van der Waals surface area contributed by atoms with Gasteiger partial charge in [0, 0.05) is 30.9 Å². The van der Waals surface area contributed by atoms with E-state index < -0.39 is 0 Å². The molecule has 2 aliphatic rings. The van der Waals surface area contributed by atoms with Gasteiger partial charge in [0.1, 0.15) is 0 Å². The Labute approximate surface area is 147 Å². The van der Waals surface area contributed by atoms with Gasteiger partial charge < -0.3 is 15.5 Å². The molecule has 132 valence electrons. The Balaban J connectivity index is 1.63. The number of carbonyl (C=O) groups is 2. The normalized spacial score (nSPS) is 23.0. The van der Waals surface area contributed by atoms with Crippen LogP contribution in [0, 0.1) is 5.92 Å². The average molecular weight is 350 g/mol. The molecule has 6 heteroatoms. The molecule has 1 aliphatic heterocycles. The topological polar surface area (TPSA) is 61.4 Å². The Hall–Kier alpha value is -1.56. The van der Waals surface area contributed by atoms with Crippen LogP contribution in [0.2, 0.25) is 0 Å². The zero-order valence-electron chi connectivity index (χ0n) is 14.3. The van der Waals surface area contributed by atoms with Crippen molar-refractivity contribution in [2.24, 2.45) is 5.92 Å². The lowest BCUT2D eigenvalue weighted by molar-refractivity contribution is -0.119. The van der Waals surface area contributed by atoms with Crippen LogP contribution in [0.3, 0.4) is 0 Å². The summed E-state index contributed by atoms with van der Waals surface area (Å²) in [5.41, 5.74) is 0. The molecule has 0 aromatic carbocycles. The van der Waals surface area contributed by atoms with E-state index in [1.165, 1.54) is 37.5 Å². The molecule has 5 nitrogen and oxygen atoms in total. The number of carbonyl (C=O) groups excluding carboxylic acids is 2. The highest BCUT2D eigenvalue weighted by Gasteiger charge is 2.31. The second-order valence-corrected chi connectivity index (χ2v) is 7.95. The Morgan fingerprint density at radius 1 is 1.25 bits per heavy atom. The molecule has 0 spiro atoms. The number of amides is 3. The fraction of sp³-hybridized carbons (Fsp3) is 0.667. The van der Waals surface area contributed by atoms with Crippen LogP contribution in [0.4, 0.5) is 4.79 Å². The maximum absolute atomic E-state index is 12.8. The van der Waals surface area contributed by atoms with Gasteiger partial charge in [0.05, 0.1) is 6.04 Å². The molecule has 3 amide bonds. The van der Waals surface area contributed by atoms with Crippen LogP contribution in [-0.2, 0) is 4.79 Å². The number of nitrogens with one attached hydrogen (secondary N) is 2. The van der Waals surface area contributed by atoms with Crippen molar-refractivity contribution in [2.75, 3.05) is 13.1 Å². The number of likely N-dealkylation sites (tertiary alicyclic amines) is 1. The molecule has 1 aromatic heterocycles. The van der Waals surface area contributed by atoms with Crippen LogP contribution in [-0.4, -0.2) is 36.0 Å². The van der Waals surface area contributed by atoms with Crippen LogP contribution < -0.4 is 10.6 Å². The smallest absolute Gasteiger partial charge is 0.317 e. The molecule has 2 atom stereocenters. The van der Waals surface area contributed by atoms with Crippen LogP contribution in [0.15, 0.2) is 17.5 Å². The number of nitrogens with zero attached hydrogens (tertiary/aromatic N) is 1. The molecule has 0 radical (unpaired) electrons. The SMILES string of the molecule is CC(=O)N[C@@H]1CCCN(C(=O)N[C@H](c2cccs2)C2CCCC2)C1. The molecule has 1 saturated heterocycles. The van der Waals surface area contributed by atoms with Crippen molar-refractivity contribution in [3.63, 3.8) is 0 Å². The number of piperidine rings is 1. The molecule has 1 aliphatic carbocycles. The lowest BCUT2D eigenvalue weighted by atomic mass is 9.96. The summed E-state index contributed by atoms with van der Waals surface area (Å²) in [4.78, 5) is 27.2. The fourth-order valence-electron chi connectivity index (χ4n) is 3.97.